The number of rotatable bonds is 5. The third-order valence-electron chi connectivity index (χ3n) is 4.27. The van der Waals surface area contributed by atoms with Crippen LogP contribution in [0.2, 0.25) is 0 Å². The van der Waals surface area contributed by atoms with E-state index in [-0.39, 0.29) is 23.9 Å². The van der Waals surface area contributed by atoms with Crippen molar-refractivity contribution in [3.63, 3.8) is 0 Å². The number of fused-ring (bicyclic) bond motifs is 1. The van der Waals surface area contributed by atoms with E-state index >= 15 is 0 Å². The highest BCUT2D eigenvalue weighted by Gasteiger charge is 2.34. The number of carbonyl (C=O) groups is 2. The number of hydrogen-bond donors (Lipinski definition) is 3. The summed E-state index contributed by atoms with van der Waals surface area (Å²) in [4.78, 5) is 24.4. The summed E-state index contributed by atoms with van der Waals surface area (Å²) in [6.45, 7) is 1.48. The Morgan fingerprint density at radius 3 is 2.56 bits per heavy atom. The van der Waals surface area contributed by atoms with Crippen LogP contribution >= 0.6 is 0 Å². The Labute approximate surface area is 156 Å². The van der Waals surface area contributed by atoms with Crippen molar-refractivity contribution in [2.75, 3.05) is 11.9 Å². The molecule has 0 bridgehead atoms. The largest absolute Gasteiger partial charge is 0.394 e. The maximum atomic E-state index is 12.3. The molecule has 1 aliphatic rings. The summed E-state index contributed by atoms with van der Waals surface area (Å²) < 4.78 is 25.3. The third kappa shape index (κ3) is 4.01. The Morgan fingerprint density at radius 1 is 1.22 bits per heavy atom. The van der Waals surface area contributed by atoms with E-state index in [4.69, 9.17) is 5.11 Å². The number of nitrogens with one attached hydrogen (secondary N) is 2. The summed E-state index contributed by atoms with van der Waals surface area (Å²) >= 11 is 0. The summed E-state index contributed by atoms with van der Waals surface area (Å²) in [5.41, 5.74) is 1.37. The fraction of sp³-hybridized carbons (Fsp3) is 0.353. The number of aliphatic hydroxyl groups is 1. The van der Waals surface area contributed by atoms with Crippen molar-refractivity contribution in [1.29, 1.82) is 0 Å². The van der Waals surface area contributed by atoms with E-state index in [9.17, 15) is 18.0 Å². The van der Waals surface area contributed by atoms with Crippen LogP contribution in [0.15, 0.2) is 30.3 Å². The van der Waals surface area contributed by atoms with E-state index in [0.717, 1.165) is 0 Å². The molecule has 10 heteroatoms. The SMILES string of the molecule is CC[C@@H](CO)NC(=O)C(=O)Nc1c2c(nn1-c1ccccc1)CS(=O)(=O)C2. The zero-order valence-electron chi connectivity index (χ0n) is 14.7. The van der Waals surface area contributed by atoms with Crippen molar-refractivity contribution < 1.29 is 23.1 Å². The minimum atomic E-state index is -3.33. The second-order valence-electron chi connectivity index (χ2n) is 6.27. The van der Waals surface area contributed by atoms with E-state index in [1.807, 2.05) is 6.07 Å². The summed E-state index contributed by atoms with van der Waals surface area (Å²) in [5.74, 6) is -2.16. The van der Waals surface area contributed by atoms with Crippen molar-refractivity contribution in [2.45, 2.75) is 30.9 Å². The summed E-state index contributed by atoms with van der Waals surface area (Å²) in [6, 6.07) is 8.36. The molecule has 0 fully saturated rings. The summed E-state index contributed by atoms with van der Waals surface area (Å²) in [5, 5.41) is 18.4. The molecule has 144 valence electrons. The van der Waals surface area contributed by atoms with Gasteiger partial charge in [-0.15, -0.1) is 0 Å². The standard InChI is InChI=1S/C17H20N4O5S/c1-2-11(8-22)18-16(23)17(24)19-15-13-9-27(25,26)10-14(13)20-21(15)12-6-4-3-5-7-12/h3-7,11,22H,2,8-10H2,1H3,(H,18,23)(H,19,24)/t11-/m0/s1. The van der Waals surface area contributed by atoms with Crippen molar-refractivity contribution in [1.82, 2.24) is 15.1 Å². The van der Waals surface area contributed by atoms with Gasteiger partial charge in [-0.2, -0.15) is 5.10 Å². The fourth-order valence-electron chi connectivity index (χ4n) is 2.82. The number of amides is 2. The van der Waals surface area contributed by atoms with Gasteiger partial charge in [0.15, 0.2) is 9.84 Å². The lowest BCUT2D eigenvalue weighted by atomic mass is 10.2. The molecule has 1 aromatic heterocycles. The molecule has 3 N–H and O–H groups in total. The number of benzene rings is 1. The van der Waals surface area contributed by atoms with Gasteiger partial charge in [0.05, 0.1) is 35.5 Å². The molecule has 1 aromatic carbocycles. The lowest BCUT2D eigenvalue weighted by molar-refractivity contribution is -0.136. The minimum absolute atomic E-state index is 0.162. The van der Waals surface area contributed by atoms with Gasteiger partial charge in [0.1, 0.15) is 5.82 Å². The first-order valence-corrected chi connectivity index (χ1v) is 10.3. The molecule has 2 heterocycles. The number of anilines is 1. The average molecular weight is 392 g/mol. The van der Waals surface area contributed by atoms with Crippen molar-refractivity contribution in [3.05, 3.63) is 41.6 Å². The Balaban J connectivity index is 1.92. The monoisotopic (exact) mass is 392 g/mol. The molecule has 27 heavy (non-hydrogen) atoms. The van der Waals surface area contributed by atoms with Crippen LogP contribution in [-0.4, -0.2) is 47.8 Å². The first kappa shape index (κ1) is 19.1. The van der Waals surface area contributed by atoms with Gasteiger partial charge in [-0.1, -0.05) is 25.1 Å². The normalized spacial score (nSPS) is 15.8. The molecule has 0 spiro atoms. The molecule has 0 unspecified atom stereocenters. The molecule has 0 aliphatic carbocycles. The van der Waals surface area contributed by atoms with Crippen molar-refractivity contribution >= 4 is 27.5 Å². The van der Waals surface area contributed by atoms with Gasteiger partial charge in [-0.05, 0) is 18.6 Å². The zero-order chi connectivity index (χ0) is 19.6. The van der Waals surface area contributed by atoms with E-state index in [2.05, 4.69) is 15.7 Å². The Bertz CT molecular complexity index is 965. The molecule has 0 radical (unpaired) electrons. The van der Waals surface area contributed by atoms with E-state index in [0.29, 0.717) is 23.4 Å². The van der Waals surface area contributed by atoms with E-state index in [1.165, 1.54) is 4.68 Å². The van der Waals surface area contributed by atoms with E-state index < -0.39 is 27.7 Å². The lowest BCUT2D eigenvalue weighted by Gasteiger charge is -2.14. The van der Waals surface area contributed by atoms with Crippen LogP contribution in [0, 0.1) is 0 Å². The van der Waals surface area contributed by atoms with Gasteiger partial charge in [0, 0.05) is 5.56 Å². The van der Waals surface area contributed by atoms with Gasteiger partial charge >= 0.3 is 11.8 Å². The number of sulfone groups is 1. The van der Waals surface area contributed by atoms with Crippen LogP contribution < -0.4 is 10.6 Å². The van der Waals surface area contributed by atoms with Crippen LogP contribution in [0.25, 0.3) is 5.69 Å². The molecular weight excluding hydrogens is 372 g/mol. The predicted molar refractivity (Wildman–Crippen MR) is 97.8 cm³/mol. The quantitative estimate of drug-likeness (QED) is 0.620. The predicted octanol–water partition coefficient (Wildman–Crippen LogP) is 0.126. The second kappa shape index (κ2) is 7.49. The topological polar surface area (TPSA) is 130 Å². The van der Waals surface area contributed by atoms with E-state index in [1.54, 1.807) is 31.2 Å². The van der Waals surface area contributed by atoms with Crippen LogP contribution in [0.5, 0.6) is 0 Å². The molecule has 1 atom stereocenters. The van der Waals surface area contributed by atoms with Crippen molar-refractivity contribution in [2.24, 2.45) is 0 Å². The number of nitrogens with zero attached hydrogens (tertiary/aromatic N) is 2. The molecule has 0 saturated heterocycles. The summed E-state index contributed by atoms with van der Waals surface area (Å²) in [6.07, 6.45) is 0.463. The third-order valence-corrected chi connectivity index (χ3v) is 5.72. The van der Waals surface area contributed by atoms with Crippen LogP contribution in [0.1, 0.15) is 24.6 Å². The van der Waals surface area contributed by atoms with Crippen molar-refractivity contribution in [3.8, 4) is 5.69 Å². The highest BCUT2D eigenvalue weighted by molar-refractivity contribution is 7.90. The van der Waals surface area contributed by atoms with Gasteiger partial charge in [-0.25, -0.2) is 13.1 Å². The summed E-state index contributed by atoms with van der Waals surface area (Å²) in [7, 11) is -3.33. The molecule has 9 nitrogen and oxygen atoms in total. The van der Waals surface area contributed by atoms with Gasteiger partial charge in [0.25, 0.3) is 0 Å². The number of aromatic nitrogens is 2. The Kier molecular flexibility index (Phi) is 5.29. The lowest BCUT2D eigenvalue weighted by Crippen LogP contribution is -2.43. The molecule has 0 saturated carbocycles. The highest BCUT2D eigenvalue weighted by atomic mass is 32.2. The molecule has 2 amide bonds. The minimum Gasteiger partial charge on any atom is -0.394 e. The zero-order valence-corrected chi connectivity index (χ0v) is 15.5. The first-order valence-electron chi connectivity index (χ1n) is 8.44. The first-order chi connectivity index (χ1) is 12.8. The maximum absolute atomic E-state index is 12.3. The molecule has 2 aromatic rings. The van der Waals surface area contributed by atoms with Gasteiger partial charge in [0.2, 0.25) is 0 Å². The Morgan fingerprint density at radius 2 is 1.93 bits per heavy atom. The maximum Gasteiger partial charge on any atom is 0.314 e. The molecule has 1 aliphatic heterocycles. The van der Waals surface area contributed by atoms with Crippen LogP contribution in [-0.2, 0) is 30.9 Å². The Hall–Kier alpha value is -2.72. The van der Waals surface area contributed by atoms with Gasteiger partial charge < -0.3 is 15.7 Å². The van der Waals surface area contributed by atoms with Gasteiger partial charge in [-0.3, -0.25) is 9.59 Å². The second-order valence-corrected chi connectivity index (χ2v) is 8.33. The fourth-order valence-corrected chi connectivity index (χ4v) is 4.31. The molecular formula is C17H20N4O5S. The number of hydrogen-bond acceptors (Lipinski definition) is 6. The number of para-hydroxylation sites is 1. The highest BCUT2D eigenvalue weighted by Crippen LogP contribution is 2.32. The van der Waals surface area contributed by atoms with Crippen LogP contribution in [0.4, 0.5) is 5.82 Å². The smallest absolute Gasteiger partial charge is 0.314 e. The number of carbonyl (C=O) groups excluding carboxylic acids is 2. The van der Waals surface area contributed by atoms with Crippen LogP contribution in [0.3, 0.4) is 0 Å². The molecule has 3 rings (SSSR count). The number of aliphatic hydroxyl groups excluding tert-OH is 1. The average Bonchev–Trinajstić information content (AvgIpc) is 3.12.